The van der Waals surface area contributed by atoms with Gasteiger partial charge in [-0.25, -0.2) is 14.2 Å². The maximum atomic E-state index is 13.2. The number of hydrogen-bond acceptors (Lipinski definition) is 5. The molecule has 0 aliphatic carbocycles. The van der Waals surface area contributed by atoms with Gasteiger partial charge in [0.2, 0.25) is 0 Å². The lowest BCUT2D eigenvalue weighted by molar-refractivity contribution is 0.0860. The van der Waals surface area contributed by atoms with Gasteiger partial charge in [0, 0.05) is 31.0 Å². The Morgan fingerprint density at radius 1 is 1.25 bits per heavy atom. The van der Waals surface area contributed by atoms with Crippen molar-refractivity contribution in [2.24, 2.45) is 0 Å². The maximum absolute atomic E-state index is 13.2. The first kappa shape index (κ1) is 19.6. The number of hydrogen-bond donors (Lipinski definition) is 2. The second-order valence-corrected chi connectivity index (χ2v) is 6.50. The third-order valence-corrected chi connectivity index (χ3v) is 4.48. The van der Waals surface area contributed by atoms with Crippen molar-refractivity contribution in [3.05, 3.63) is 54.0 Å². The van der Waals surface area contributed by atoms with Crippen molar-refractivity contribution in [2.45, 2.75) is 25.8 Å². The fourth-order valence-corrected chi connectivity index (χ4v) is 3.01. The Balaban J connectivity index is 1.50. The number of likely N-dealkylation sites (tertiary alicyclic amines) is 1. The number of anilines is 2. The third kappa shape index (κ3) is 5.18. The van der Waals surface area contributed by atoms with Gasteiger partial charge in [0.25, 0.3) is 5.91 Å². The van der Waals surface area contributed by atoms with E-state index in [-0.39, 0.29) is 23.9 Å². The molecule has 0 saturated carbocycles. The van der Waals surface area contributed by atoms with Crippen LogP contribution in [0.15, 0.2) is 42.6 Å². The van der Waals surface area contributed by atoms with E-state index in [4.69, 9.17) is 4.74 Å². The predicted molar refractivity (Wildman–Crippen MR) is 103 cm³/mol. The number of ether oxygens (including phenoxy) is 1. The highest BCUT2D eigenvalue weighted by Crippen LogP contribution is 2.16. The predicted octanol–water partition coefficient (Wildman–Crippen LogP) is 3.32. The van der Waals surface area contributed by atoms with E-state index in [0.717, 1.165) is 0 Å². The van der Waals surface area contributed by atoms with Crippen molar-refractivity contribution in [3.63, 3.8) is 0 Å². The molecule has 1 fully saturated rings. The molecule has 148 valence electrons. The van der Waals surface area contributed by atoms with Crippen molar-refractivity contribution >= 4 is 23.5 Å². The summed E-state index contributed by atoms with van der Waals surface area (Å²) in [5.74, 6) is -0.0284. The van der Waals surface area contributed by atoms with Crippen LogP contribution in [-0.4, -0.2) is 47.6 Å². The van der Waals surface area contributed by atoms with Gasteiger partial charge >= 0.3 is 6.09 Å². The van der Waals surface area contributed by atoms with Crippen LogP contribution in [0.1, 0.15) is 30.1 Å². The summed E-state index contributed by atoms with van der Waals surface area (Å²) < 4.78 is 18.2. The van der Waals surface area contributed by atoms with Crippen molar-refractivity contribution in [3.8, 4) is 0 Å². The van der Waals surface area contributed by atoms with Crippen LogP contribution in [0.5, 0.6) is 0 Å². The van der Waals surface area contributed by atoms with E-state index in [0.29, 0.717) is 49.6 Å². The summed E-state index contributed by atoms with van der Waals surface area (Å²) in [5, 5.41) is 5.96. The Labute approximate surface area is 162 Å². The van der Waals surface area contributed by atoms with Crippen LogP contribution in [0.25, 0.3) is 0 Å². The number of piperidine rings is 1. The molecule has 0 radical (unpaired) electrons. The minimum Gasteiger partial charge on any atom is -0.450 e. The van der Waals surface area contributed by atoms with Crippen LogP contribution in [0.3, 0.4) is 0 Å². The van der Waals surface area contributed by atoms with Crippen molar-refractivity contribution in [1.82, 2.24) is 15.2 Å². The number of pyridine rings is 1. The molecule has 1 aromatic heterocycles. The van der Waals surface area contributed by atoms with E-state index in [1.807, 2.05) is 0 Å². The Hall–Kier alpha value is -3.16. The quantitative estimate of drug-likeness (QED) is 0.824. The first-order chi connectivity index (χ1) is 13.5. The van der Waals surface area contributed by atoms with Crippen LogP contribution < -0.4 is 10.6 Å². The number of nitrogens with one attached hydrogen (secondary N) is 2. The van der Waals surface area contributed by atoms with Gasteiger partial charge in [-0.2, -0.15) is 0 Å². The van der Waals surface area contributed by atoms with E-state index in [1.54, 1.807) is 36.1 Å². The number of benzene rings is 1. The second kappa shape index (κ2) is 9.16. The molecule has 2 heterocycles. The average molecular weight is 386 g/mol. The SMILES string of the molecule is CCOC(=O)N1CCC(NC(=O)c2ccc(Nc3cccc(F)c3)nc2)CC1. The molecular formula is C20H23FN4O3. The summed E-state index contributed by atoms with van der Waals surface area (Å²) >= 11 is 0. The number of amides is 2. The fraction of sp³-hybridized carbons (Fsp3) is 0.350. The van der Waals surface area contributed by atoms with Crippen LogP contribution in [0, 0.1) is 5.82 Å². The van der Waals surface area contributed by atoms with Gasteiger partial charge < -0.3 is 20.3 Å². The number of carbonyl (C=O) groups excluding carboxylic acids is 2. The summed E-state index contributed by atoms with van der Waals surface area (Å²) in [6.45, 7) is 3.24. The molecule has 8 heteroatoms. The van der Waals surface area contributed by atoms with Crippen molar-refractivity contribution in [1.29, 1.82) is 0 Å². The first-order valence-corrected chi connectivity index (χ1v) is 9.26. The van der Waals surface area contributed by atoms with Crippen molar-refractivity contribution in [2.75, 3.05) is 25.0 Å². The zero-order chi connectivity index (χ0) is 19.9. The second-order valence-electron chi connectivity index (χ2n) is 6.50. The fourth-order valence-electron chi connectivity index (χ4n) is 3.01. The Kier molecular flexibility index (Phi) is 6.41. The molecule has 1 aromatic carbocycles. The third-order valence-electron chi connectivity index (χ3n) is 4.48. The smallest absolute Gasteiger partial charge is 0.409 e. The summed E-state index contributed by atoms with van der Waals surface area (Å²) in [7, 11) is 0. The van der Waals surface area contributed by atoms with Gasteiger partial charge in [0.05, 0.1) is 12.2 Å². The average Bonchev–Trinajstić information content (AvgIpc) is 2.69. The minimum atomic E-state index is -0.338. The highest BCUT2D eigenvalue weighted by Gasteiger charge is 2.24. The number of aromatic nitrogens is 1. The van der Waals surface area contributed by atoms with Crippen LogP contribution in [0.2, 0.25) is 0 Å². The number of halogens is 1. The zero-order valence-electron chi connectivity index (χ0n) is 15.7. The molecule has 0 bridgehead atoms. The van der Waals surface area contributed by atoms with Gasteiger partial charge in [0.15, 0.2) is 0 Å². The van der Waals surface area contributed by atoms with E-state index in [2.05, 4.69) is 15.6 Å². The highest BCUT2D eigenvalue weighted by atomic mass is 19.1. The molecule has 0 unspecified atom stereocenters. The first-order valence-electron chi connectivity index (χ1n) is 9.26. The number of rotatable bonds is 5. The lowest BCUT2D eigenvalue weighted by Crippen LogP contribution is -2.46. The molecule has 7 nitrogen and oxygen atoms in total. The maximum Gasteiger partial charge on any atom is 0.409 e. The monoisotopic (exact) mass is 386 g/mol. The van der Waals surface area contributed by atoms with Gasteiger partial charge in [0.1, 0.15) is 11.6 Å². The molecule has 0 atom stereocenters. The van der Waals surface area contributed by atoms with Crippen LogP contribution in [0.4, 0.5) is 20.7 Å². The molecule has 1 saturated heterocycles. The van der Waals surface area contributed by atoms with E-state index in [1.165, 1.54) is 18.3 Å². The van der Waals surface area contributed by atoms with Gasteiger partial charge in [-0.1, -0.05) is 6.07 Å². The summed E-state index contributed by atoms with van der Waals surface area (Å²) in [6, 6.07) is 9.40. The Morgan fingerprint density at radius 2 is 2.04 bits per heavy atom. The standard InChI is InChI=1S/C20H23FN4O3/c1-2-28-20(27)25-10-8-16(9-11-25)24-19(26)14-6-7-18(22-13-14)23-17-5-3-4-15(21)12-17/h3-7,12-13,16H,2,8-11H2,1H3,(H,22,23)(H,24,26). The Bertz CT molecular complexity index is 820. The number of nitrogens with zero attached hydrogens (tertiary/aromatic N) is 2. The molecule has 2 amide bonds. The van der Waals surface area contributed by atoms with Gasteiger partial charge in [-0.3, -0.25) is 4.79 Å². The molecule has 28 heavy (non-hydrogen) atoms. The van der Waals surface area contributed by atoms with Crippen LogP contribution >= 0.6 is 0 Å². The summed E-state index contributed by atoms with van der Waals surface area (Å²) in [5.41, 5.74) is 1.02. The lowest BCUT2D eigenvalue weighted by atomic mass is 10.0. The van der Waals surface area contributed by atoms with Crippen LogP contribution in [-0.2, 0) is 4.74 Å². The summed E-state index contributed by atoms with van der Waals surface area (Å²) in [6.07, 6.45) is 2.52. The van der Waals surface area contributed by atoms with E-state index < -0.39 is 0 Å². The van der Waals surface area contributed by atoms with Crippen molar-refractivity contribution < 1.29 is 18.7 Å². The molecule has 3 rings (SSSR count). The topological polar surface area (TPSA) is 83.6 Å². The number of carbonyl (C=O) groups is 2. The Morgan fingerprint density at radius 3 is 2.68 bits per heavy atom. The lowest BCUT2D eigenvalue weighted by Gasteiger charge is -2.31. The highest BCUT2D eigenvalue weighted by molar-refractivity contribution is 5.94. The molecule has 2 aromatic rings. The molecular weight excluding hydrogens is 363 g/mol. The molecule has 1 aliphatic heterocycles. The van der Waals surface area contributed by atoms with E-state index in [9.17, 15) is 14.0 Å². The summed E-state index contributed by atoms with van der Waals surface area (Å²) in [4.78, 5) is 30.0. The molecule has 0 spiro atoms. The molecule has 1 aliphatic rings. The zero-order valence-corrected chi connectivity index (χ0v) is 15.7. The largest absolute Gasteiger partial charge is 0.450 e. The molecule has 2 N–H and O–H groups in total. The normalized spacial score (nSPS) is 14.4. The van der Waals surface area contributed by atoms with Gasteiger partial charge in [-0.05, 0) is 50.1 Å². The minimum absolute atomic E-state index is 0.00303. The van der Waals surface area contributed by atoms with Gasteiger partial charge in [-0.15, -0.1) is 0 Å². The van der Waals surface area contributed by atoms with E-state index >= 15 is 0 Å².